The van der Waals surface area contributed by atoms with E-state index in [9.17, 15) is 0 Å². The van der Waals surface area contributed by atoms with Gasteiger partial charge in [0.15, 0.2) is 0 Å². The Morgan fingerprint density at radius 3 is 2.58 bits per heavy atom. The zero-order valence-corrected chi connectivity index (χ0v) is 12.3. The van der Waals surface area contributed by atoms with Gasteiger partial charge in [0, 0.05) is 19.4 Å². The van der Waals surface area contributed by atoms with Crippen LogP contribution in [0.1, 0.15) is 32.3 Å². The molecule has 0 aliphatic rings. The number of unbranched alkanes of at least 4 members (excludes halogenated alkanes) is 1. The molecule has 1 aromatic carbocycles. The van der Waals surface area contributed by atoms with Gasteiger partial charge in [0.2, 0.25) is 0 Å². The standard InChI is InChI=1S/C17H25NO/c1-4-6-12-17(18(3)15-19-5-2)14-13-16-10-8-7-9-11-16/h7-14H,4-6,15H2,1-3H3/b14-13+,17-12+. The highest BCUT2D eigenvalue weighted by atomic mass is 16.5. The molecule has 0 fully saturated rings. The SMILES string of the molecule is CCC/C=C(\C=C\c1ccccc1)N(C)COCC. The molecule has 104 valence electrons. The highest BCUT2D eigenvalue weighted by Gasteiger charge is 2.00. The summed E-state index contributed by atoms with van der Waals surface area (Å²) in [5.74, 6) is 0. The molecule has 0 amide bonds. The average molecular weight is 259 g/mol. The van der Waals surface area contributed by atoms with Gasteiger partial charge in [-0.05, 0) is 25.0 Å². The van der Waals surface area contributed by atoms with Gasteiger partial charge in [-0.25, -0.2) is 0 Å². The van der Waals surface area contributed by atoms with Crippen LogP contribution in [0.15, 0.2) is 48.2 Å². The third-order valence-corrected chi connectivity index (χ3v) is 2.82. The number of hydrogen-bond donors (Lipinski definition) is 0. The molecule has 1 aromatic rings. The van der Waals surface area contributed by atoms with Crippen molar-refractivity contribution in [2.24, 2.45) is 0 Å². The molecule has 0 aliphatic carbocycles. The van der Waals surface area contributed by atoms with Crippen molar-refractivity contribution in [2.75, 3.05) is 20.4 Å². The minimum absolute atomic E-state index is 0.630. The average Bonchev–Trinajstić information content (AvgIpc) is 2.46. The predicted molar refractivity (Wildman–Crippen MR) is 82.7 cm³/mol. The van der Waals surface area contributed by atoms with Crippen molar-refractivity contribution >= 4 is 6.08 Å². The molecule has 2 heteroatoms. The molecule has 0 unspecified atom stereocenters. The molecule has 1 rings (SSSR count). The van der Waals surface area contributed by atoms with E-state index >= 15 is 0 Å². The Labute approximate surface area is 117 Å². The van der Waals surface area contributed by atoms with Gasteiger partial charge in [-0.2, -0.15) is 0 Å². The van der Waals surface area contributed by atoms with Gasteiger partial charge in [-0.15, -0.1) is 0 Å². The number of hydrogen-bond acceptors (Lipinski definition) is 2. The van der Waals surface area contributed by atoms with Crippen molar-refractivity contribution < 1.29 is 4.74 Å². The first-order chi connectivity index (χ1) is 9.27. The summed E-state index contributed by atoms with van der Waals surface area (Å²) in [6, 6.07) is 10.4. The Hall–Kier alpha value is -1.54. The van der Waals surface area contributed by atoms with Crippen molar-refractivity contribution in [1.82, 2.24) is 4.90 Å². The first-order valence-corrected chi connectivity index (χ1v) is 7.00. The van der Waals surface area contributed by atoms with Crippen LogP contribution < -0.4 is 0 Å². The second kappa shape index (κ2) is 9.40. The van der Waals surface area contributed by atoms with Crippen molar-refractivity contribution in [1.29, 1.82) is 0 Å². The zero-order valence-electron chi connectivity index (χ0n) is 12.3. The highest BCUT2D eigenvalue weighted by Crippen LogP contribution is 2.10. The predicted octanol–water partition coefficient (Wildman–Crippen LogP) is 4.31. The third-order valence-electron chi connectivity index (χ3n) is 2.82. The lowest BCUT2D eigenvalue weighted by Crippen LogP contribution is -2.20. The topological polar surface area (TPSA) is 12.5 Å². The fraction of sp³-hybridized carbons (Fsp3) is 0.412. The number of rotatable bonds is 8. The van der Waals surface area contributed by atoms with Gasteiger partial charge in [0.25, 0.3) is 0 Å². The first kappa shape index (κ1) is 15.5. The lowest BCUT2D eigenvalue weighted by molar-refractivity contribution is 0.0707. The summed E-state index contributed by atoms with van der Waals surface area (Å²) in [4.78, 5) is 2.14. The Morgan fingerprint density at radius 2 is 1.95 bits per heavy atom. The Kier molecular flexibility index (Phi) is 7.68. The molecule has 0 aromatic heterocycles. The third kappa shape index (κ3) is 6.25. The normalized spacial score (nSPS) is 12.1. The molecular weight excluding hydrogens is 234 g/mol. The first-order valence-electron chi connectivity index (χ1n) is 7.00. The molecule has 0 saturated heterocycles. The number of allylic oxidation sites excluding steroid dienone is 2. The maximum atomic E-state index is 5.46. The molecule has 0 N–H and O–H groups in total. The molecule has 2 nitrogen and oxygen atoms in total. The minimum Gasteiger partial charge on any atom is -0.361 e. The maximum absolute atomic E-state index is 5.46. The van der Waals surface area contributed by atoms with Crippen molar-refractivity contribution in [3.05, 3.63) is 53.7 Å². The molecule has 0 aliphatic heterocycles. The smallest absolute Gasteiger partial charge is 0.118 e. The minimum atomic E-state index is 0.630. The van der Waals surface area contributed by atoms with Crippen LogP contribution in [0.25, 0.3) is 6.08 Å². The maximum Gasteiger partial charge on any atom is 0.118 e. The molecule has 0 radical (unpaired) electrons. The van der Waals surface area contributed by atoms with E-state index in [-0.39, 0.29) is 0 Å². The fourth-order valence-electron chi connectivity index (χ4n) is 1.69. The molecule has 0 atom stereocenters. The van der Waals surface area contributed by atoms with Crippen LogP contribution in [0.4, 0.5) is 0 Å². The quantitative estimate of drug-likeness (QED) is 0.509. The fourth-order valence-corrected chi connectivity index (χ4v) is 1.69. The second-order valence-electron chi connectivity index (χ2n) is 4.48. The largest absolute Gasteiger partial charge is 0.361 e. The van der Waals surface area contributed by atoms with Crippen molar-refractivity contribution in [3.8, 4) is 0 Å². The van der Waals surface area contributed by atoms with E-state index in [1.54, 1.807) is 0 Å². The van der Waals surface area contributed by atoms with E-state index in [0.717, 1.165) is 19.4 Å². The lowest BCUT2D eigenvalue weighted by Gasteiger charge is -2.20. The monoisotopic (exact) mass is 259 g/mol. The van der Waals surface area contributed by atoms with Crippen LogP contribution in [0.5, 0.6) is 0 Å². The van der Waals surface area contributed by atoms with Crippen LogP contribution in [0, 0.1) is 0 Å². The van der Waals surface area contributed by atoms with Crippen LogP contribution in [0.2, 0.25) is 0 Å². The highest BCUT2D eigenvalue weighted by molar-refractivity contribution is 5.52. The number of benzene rings is 1. The molecule has 0 heterocycles. The van der Waals surface area contributed by atoms with E-state index in [1.807, 2.05) is 13.0 Å². The summed E-state index contributed by atoms with van der Waals surface area (Å²) < 4.78 is 5.46. The van der Waals surface area contributed by atoms with Gasteiger partial charge in [-0.3, -0.25) is 0 Å². The van der Waals surface area contributed by atoms with Crippen LogP contribution >= 0.6 is 0 Å². The molecule has 0 bridgehead atoms. The summed E-state index contributed by atoms with van der Waals surface area (Å²) in [6.45, 7) is 5.58. The number of nitrogens with zero attached hydrogens (tertiary/aromatic N) is 1. The van der Waals surface area contributed by atoms with Crippen LogP contribution in [-0.4, -0.2) is 25.3 Å². The van der Waals surface area contributed by atoms with Crippen molar-refractivity contribution in [2.45, 2.75) is 26.7 Å². The number of likely N-dealkylation sites (N-methyl/N-ethyl adjacent to an activating group) is 1. The van der Waals surface area contributed by atoms with E-state index in [2.05, 4.69) is 61.4 Å². The van der Waals surface area contributed by atoms with E-state index in [0.29, 0.717) is 6.73 Å². The number of ether oxygens (including phenoxy) is 1. The van der Waals surface area contributed by atoms with E-state index < -0.39 is 0 Å². The van der Waals surface area contributed by atoms with E-state index in [1.165, 1.54) is 11.3 Å². The van der Waals surface area contributed by atoms with Gasteiger partial charge in [0.1, 0.15) is 6.73 Å². The van der Waals surface area contributed by atoms with Gasteiger partial charge in [0.05, 0.1) is 0 Å². The molecule has 0 spiro atoms. The summed E-state index contributed by atoms with van der Waals surface area (Å²) in [5.41, 5.74) is 2.42. The van der Waals surface area contributed by atoms with Crippen LogP contribution in [-0.2, 0) is 4.74 Å². The summed E-state index contributed by atoms with van der Waals surface area (Å²) in [7, 11) is 2.06. The zero-order chi connectivity index (χ0) is 13.9. The lowest BCUT2D eigenvalue weighted by atomic mass is 10.2. The second-order valence-corrected chi connectivity index (χ2v) is 4.48. The van der Waals surface area contributed by atoms with Gasteiger partial charge < -0.3 is 9.64 Å². The molecular formula is C17H25NO. The summed E-state index contributed by atoms with van der Waals surface area (Å²) in [6.07, 6.45) is 8.81. The van der Waals surface area contributed by atoms with Gasteiger partial charge in [-0.1, -0.05) is 55.8 Å². The Morgan fingerprint density at radius 1 is 1.21 bits per heavy atom. The van der Waals surface area contributed by atoms with Crippen molar-refractivity contribution in [3.63, 3.8) is 0 Å². The van der Waals surface area contributed by atoms with Crippen LogP contribution in [0.3, 0.4) is 0 Å². The molecule has 0 saturated carbocycles. The Bertz CT molecular complexity index is 395. The molecule has 19 heavy (non-hydrogen) atoms. The Balaban J connectivity index is 2.71. The summed E-state index contributed by atoms with van der Waals surface area (Å²) >= 11 is 0. The van der Waals surface area contributed by atoms with E-state index in [4.69, 9.17) is 4.74 Å². The summed E-state index contributed by atoms with van der Waals surface area (Å²) in [5, 5.41) is 0. The van der Waals surface area contributed by atoms with Gasteiger partial charge >= 0.3 is 0 Å².